The lowest BCUT2D eigenvalue weighted by Gasteiger charge is -2.16. The number of carbonyl (C=O) groups is 4. The Morgan fingerprint density at radius 2 is 1.40 bits per heavy atom. The normalized spacial score (nSPS) is 11.7. The second-order valence-corrected chi connectivity index (χ2v) is 9.10. The number of ether oxygens (including phenoxy) is 3. The molecule has 0 spiro atoms. The molecule has 0 fully saturated rings. The molecule has 0 aliphatic carbocycles. The average molecular weight is 555 g/mol. The van der Waals surface area contributed by atoms with Crippen LogP contribution in [-0.2, 0) is 23.8 Å². The van der Waals surface area contributed by atoms with Crippen LogP contribution in [0.1, 0.15) is 44.7 Å². The van der Waals surface area contributed by atoms with E-state index in [1.54, 1.807) is 45.0 Å². The zero-order valence-corrected chi connectivity index (χ0v) is 23.2. The maximum absolute atomic E-state index is 12.4. The number of amides is 3. The molecule has 2 atom stereocenters. The van der Waals surface area contributed by atoms with Gasteiger partial charge < -0.3 is 14.2 Å². The summed E-state index contributed by atoms with van der Waals surface area (Å²) in [5, 5.41) is 7.63. The van der Waals surface area contributed by atoms with Gasteiger partial charge in [-0.3, -0.25) is 20.7 Å². The molecule has 214 valence electrons. The standard InChI is InChI=1S/C28H34N4O8/c1-6-17(3)25(34)40-28(37)32-24-13-22(11-9-19(24)5)31-27(36)39-15-20(7-2)14-38-26(35)30-21-10-8-18(4)23(12-21)29-16-33/h8-13,17,20H,6-7,14-15H2,1-5H3,(H,30,35)(H,31,36)(H,32,37). The molecule has 12 nitrogen and oxygen atoms in total. The van der Waals surface area contributed by atoms with Crippen LogP contribution in [0.25, 0.3) is 0 Å². The largest absolute Gasteiger partial charge is 0.449 e. The van der Waals surface area contributed by atoms with Crippen LogP contribution in [0.4, 0.5) is 37.1 Å². The predicted molar refractivity (Wildman–Crippen MR) is 148 cm³/mol. The van der Waals surface area contributed by atoms with E-state index in [2.05, 4.69) is 20.9 Å². The second-order valence-electron chi connectivity index (χ2n) is 9.10. The molecule has 0 radical (unpaired) electrons. The summed E-state index contributed by atoms with van der Waals surface area (Å²) in [7, 11) is 0. The molecular formula is C28H34N4O8. The van der Waals surface area contributed by atoms with Crippen LogP contribution in [0.15, 0.2) is 41.4 Å². The number of carbonyl (C=O) groups excluding carboxylic acids is 5. The Labute approximate surface area is 232 Å². The summed E-state index contributed by atoms with van der Waals surface area (Å²) in [6.45, 7) is 8.83. The average Bonchev–Trinajstić information content (AvgIpc) is 2.92. The Morgan fingerprint density at radius 3 is 1.95 bits per heavy atom. The molecule has 0 aliphatic rings. The van der Waals surface area contributed by atoms with Crippen molar-refractivity contribution >= 4 is 53.1 Å². The van der Waals surface area contributed by atoms with Gasteiger partial charge in [-0.1, -0.05) is 32.9 Å². The number of hydrogen-bond donors (Lipinski definition) is 3. The third-order valence-corrected chi connectivity index (χ3v) is 6.03. The van der Waals surface area contributed by atoms with E-state index in [0.717, 1.165) is 5.56 Å². The number of anilines is 3. The van der Waals surface area contributed by atoms with Gasteiger partial charge in [-0.15, -0.1) is 0 Å². The molecule has 0 saturated carbocycles. The minimum Gasteiger partial charge on any atom is -0.449 e. The highest BCUT2D eigenvalue weighted by Crippen LogP contribution is 2.23. The van der Waals surface area contributed by atoms with E-state index < -0.39 is 30.2 Å². The summed E-state index contributed by atoms with van der Waals surface area (Å²) in [6, 6.07) is 9.67. The lowest BCUT2D eigenvalue weighted by molar-refractivity contribution is -0.141. The van der Waals surface area contributed by atoms with E-state index in [9.17, 15) is 24.0 Å². The molecule has 3 N–H and O–H groups in total. The Bertz CT molecular complexity index is 1270. The Hall–Kier alpha value is -4.70. The van der Waals surface area contributed by atoms with Crippen molar-refractivity contribution in [3.63, 3.8) is 0 Å². The smallest absolute Gasteiger partial charge is 0.419 e. The van der Waals surface area contributed by atoms with E-state index >= 15 is 0 Å². The minimum atomic E-state index is -0.916. The number of isocyanates is 1. The van der Waals surface area contributed by atoms with Crippen LogP contribution in [0.3, 0.4) is 0 Å². The van der Waals surface area contributed by atoms with Crippen molar-refractivity contribution in [2.75, 3.05) is 29.2 Å². The number of nitrogens with zero attached hydrogens (tertiary/aromatic N) is 1. The SMILES string of the molecule is CCC(COC(=O)Nc1ccc(C)c(N=C=O)c1)COC(=O)Nc1ccc(C)c(NC(=O)OC(=O)C(C)CC)c1. The van der Waals surface area contributed by atoms with Gasteiger partial charge in [0.05, 0.1) is 24.8 Å². The molecule has 0 saturated heterocycles. The van der Waals surface area contributed by atoms with E-state index in [-0.39, 0.29) is 19.1 Å². The highest BCUT2D eigenvalue weighted by Gasteiger charge is 2.18. The number of aliphatic imine (C=N–C) groups is 1. The molecule has 2 aromatic rings. The lowest BCUT2D eigenvalue weighted by Crippen LogP contribution is -2.24. The van der Waals surface area contributed by atoms with Crippen molar-refractivity contribution in [1.29, 1.82) is 0 Å². The van der Waals surface area contributed by atoms with Crippen LogP contribution in [0, 0.1) is 25.7 Å². The molecule has 2 rings (SSSR count). The zero-order chi connectivity index (χ0) is 29.7. The quantitative estimate of drug-likeness (QED) is 0.0970. The molecule has 0 heterocycles. The van der Waals surface area contributed by atoms with E-state index in [1.807, 2.05) is 13.8 Å². The molecule has 2 unspecified atom stereocenters. The predicted octanol–water partition coefficient (Wildman–Crippen LogP) is 6.22. The summed E-state index contributed by atoms with van der Waals surface area (Å²) < 4.78 is 15.3. The monoisotopic (exact) mass is 554 g/mol. The van der Waals surface area contributed by atoms with Crippen LogP contribution < -0.4 is 16.0 Å². The first kappa shape index (κ1) is 31.5. The summed E-state index contributed by atoms with van der Waals surface area (Å²) in [5.41, 5.74) is 2.91. The van der Waals surface area contributed by atoms with Crippen LogP contribution in [-0.4, -0.2) is 43.5 Å². The van der Waals surface area contributed by atoms with Gasteiger partial charge in [-0.2, -0.15) is 4.99 Å². The molecule has 0 bridgehead atoms. The highest BCUT2D eigenvalue weighted by molar-refractivity contribution is 5.95. The molecule has 3 amide bonds. The molecule has 0 aliphatic heterocycles. The number of benzene rings is 2. The van der Waals surface area contributed by atoms with Gasteiger partial charge in [-0.05, 0) is 62.1 Å². The third kappa shape index (κ3) is 10.2. The number of esters is 1. The number of hydrogen-bond acceptors (Lipinski definition) is 9. The first-order valence-electron chi connectivity index (χ1n) is 12.8. The summed E-state index contributed by atoms with van der Waals surface area (Å²) in [5.74, 6) is -1.30. The van der Waals surface area contributed by atoms with Crippen LogP contribution in [0.2, 0.25) is 0 Å². The molecular weight excluding hydrogens is 520 g/mol. The molecule has 0 aromatic heterocycles. The molecule has 12 heteroatoms. The first-order valence-corrected chi connectivity index (χ1v) is 12.8. The van der Waals surface area contributed by atoms with Gasteiger partial charge in [0.15, 0.2) is 0 Å². The molecule has 40 heavy (non-hydrogen) atoms. The maximum Gasteiger partial charge on any atom is 0.419 e. The van der Waals surface area contributed by atoms with Crippen molar-refractivity contribution in [1.82, 2.24) is 0 Å². The number of rotatable bonds is 11. The highest BCUT2D eigenvalue weighted by atomic mass is 16.6. The fourth-order valence-corrected chi connectivity index (χ4v) is 3.16. The molecule has 2 aromatic carbocycles. The van der Waals surface area contributed by atoms with Gasteiger partial charge in [0, 0.05) is 23.0 Å². The van der Waals surface area contributed by atoms with Crippen molar-refractivity contribution < 1.29 is 38.2 Å². The fourth-order valence-electron chi connectivity index (χ4n) is 3.16. The summed E-state index contributed by atoms with van der Waals surface area (Å²) in [6.07, 6.45) is 0.207. The minimum absolute atomic E-state index is 0.00307. The van der Waals surface area contributed by atoms with Crippen LogP contribution in [0.5, 0.6) is 0 Å². The van der Waals surface area contributed by atoms with E-state index in [4.69, 9.17) is 14.2 Å². The Balaban J connectivity index is 1.84. The van der Waals surface area contributed by atoms with Crippen molar-refractivity contribution in [3.05, 3.63) is 47.5 Å². The van der Waals surface area contributed by atoms with Gasteiger partial charge in [0.25, 0.3) is 0 Å². The number of aryl methyl sites for hydroxylation is 2. The van der Waals surface area contributed by atoms with Gasteiger partial charge in [-0.25, -0.2) is 19.2 Å². The topological polar surface area (TPSA) is 161 Å². The maximum atomic E-state index is 12.4. The summed E-state index contributed by atoms with van der Waals surface area (Å²) >= 11 is 0. The zero-order valence-electron chi connectivity index (χ0n) is 23.2. The first-order chi connectivity index (χ1) is 19.1. The second kappa shape index (κ2) is 15.6. The van der Waals surface area contributed by atoms with Crippen molar-refractivity contribution in [3.8, 4) is 0 Å². The third-order valence-electron chi connectivity index (χ3n) is 6.03. The lowest BCUT2D eigenvalue weighted by atomic mass is 10.1. The fraction of sp³-hybridized carbons (Fsp3) is 0.393. The van der Waals surface area contributed by atoms with Gasteiger partial charge in [0.1, 0.15) is 0 Å². The van der Waals surface area contributed by atoms with Crippen molar-refractivity contribution in [2.45, 2.75) is 47.5 Å². The summed E-state index contributed by atoms with van der Waals surface area (Å²) in [4.78, 5) is 62.6. The number of nitrogens with one attached hydrogen (secondary N) is 3. The van der Waals surface area contributed by atoms with E-state index in [1.165, 1.54) is 18.2 Å². The van der Waals surface area contributed by atoms with Gasteiger partial charge in [0.2, 0.25) is 6.08 Å². The van der Waals surface area contributed by atoms with Crippen molar-refractivity contribution in [2.24, 2.45) is 16.8 Å². The van der Waals surface area contributed by atoms with Crippen LogP contribution >= 0.6 is 0 Å². The Morgan fingerprint density at radius 1 is 0.825 bits per heavy atom. The Kier molecular flexibility index (Phi) is 12.3. The van der Waals surface area contributed by atoms with Gasteiger partial charge >= 0.3 is 24.2 Å². The van der Waals surface area contributed by atoms with E-state index in [0.29, 0.717) is 41.2 Å².